The molecule has 1 saturated carbocycles. The number of nitrogens with one attached hydrogen (secondary N) is 2. The third-order valence-corrected chi connectivity index (χ3v) is 5.77. The molecule has 2 heterocycles. The Kier molecular flexibility index (Phi) is 6.86. The number of aromatic nitrogens is 3. The van der Waals surface area contributed by atoms with Crippen LogP contribution in [0.2, 0.25) is 0 Å². The molecule has 154 valence electrons. The second-order valence-corrected chi connectivity index (χ2v) is 8.20. The number of rotatable bonds is 7. The van der Waals surface area contributed by atoms with E-state index < -0.39 is 0 Å². The molecule has 29 heavy (non-hydrogen) atoms. The average Bonchev–Trinajstić information content (AvgIpc) is 3.13. The molecule has 1 aliphatic carbocycles. The molecule has 0 atom stereocenters. The predicted octanol–water partition coefficient (Wildman–Crippen LogP) is 3.69. The van der Waals surface area contributed by atoms with Gasteiger partial charge in [0.1, 0.15) is 11.8 Å². The van der Waals surface area contributed by atoms with Gasteiger partial charge in [0.25, 0.3) is 5.91 Å². The molecule has 1 amide bonds. The predicted molar refractivity (Wildman–Crippen MR) is 113 cm³/mol. The van der Waals surface area contributed by atoms with Crippen LogP contribution in [0.25, 0.3) is 0 Å². The van der Waals surface area contributed by atoms with Crippen molar-refractivity contribution in [2.45, 2.75) is 52.5 Å². The summed E-state index contributed by atoms with van der Waals surface area (Å²) in [6.45, 7) is 7.72. The van der Waals surface area contributed by atoms with Gasteiger partial charge in [-0.2, -0.15) is 10.4 Å². The highest BCUT2D eigenvalue weighted by Gasteiger charge is 2.22. The molecule has 0 aromatic carbocycles. The number of nitriles is 1. The fourth-order valence-electron chi connectivity index (χ4n) is 3.97. The van der Waals surface area contributed by atoms with Gasteiger partial charge in [0.05, 0.1) is 23.6 Å². The lowest BCUT2D eigenvalue weighted by Gasteiger charge is -2.29. The Morgan fingerprint density at radius 2 is 1.90 bits per heavy atom. The van der Waals surface area contributed by atoms with Gasteiger partial charge < -0.3 is 10.6 Å². The molecule has 0 aliphatic heterocycles. The third-order valence-electron chi connectivity index (χ3n) is 5.77. The molecule has 0 radical (unpaired) electrons. The van der Waals surface area contributed by atoms with Gasteiger partial charge in [-0.05, 0) is 70.4 Å². The van der Waals surface area contributed by atoms with Crippen LogP contribution >= 0.6 is 0 Å². The molecule has 3 rings (SSSR count). The summed E-state index contributed by atoms with van der Waals surface area (Å²) in [5, 5.41) is 19.6. The van der Waals surface area contributed by atoms with Crippen molar-refractivity contribution in [3.8, 4) is 6.07 Å². The fraction of sp³-hybridized carbons (Fsp3) is 0.545. The van der Waals surface area contributed by atoms with Gasteiger partial charge in [-0.25, -0.2) is 4.98 Å². The molecule has 0 spiro atoms. The van der Waals surface area contributed by atoms with E-state index in [1.807, 2.05) is 23.7 Å². The highest BCUT2D eigenvalue weighted by Crippen LogP contribution is 2.28. The zero-order valence-electron chi connectivity index (χ0n) is 17.5. The molecule has 2 N–H and O–H groups in total. The van der Waals surface area contributed by atoms with Crippen molar-refractivity contribution in [1.82, 2.24) is 20.1 Å². The topological polar surface area (TPSA) is 95.6 Å². The average molecular weight is 395 g/mol. The van der Waals surface area contributed by atoms with Crippen LogP contribution in [-0.4, -0.2) is 33.8 Å². The van der Waals surface area contributed by atoms with Crippen LogP contribution in [-0.2, 0) is 0 Å². The van der Waals surface area contributed by atoms with Gasteiger partial charge >= 0.3 is 0 Å². The zero-order chi connectivity index (χ0) is 20.8. The van der Waals surface area contributed by atoms with E-state index in [4.69, 9.17) is 5.26 Å². The van der Waals surface area contributed by atoms with Gasteiger partial charge in [0.2, 0.25) is 0 Å². The van der Waals surface area contributed by atoms with Crippen LogP contribution in [0.3, 0.4) is 0 Å². The van der Waals surface area contributed by atoms with Crippen molar-refractivity contribution in [2.24, 2.45) is 11.8 Å². The van der Waals surface area contributed by atoms with Crippen molar-refractivity contribution in [3.05, 3.63) is 41.5 Å². The number of nitrogens with zero attached hydrogens (tertiary/aromatic N) is 4. The van der Waals surface area contributed by atoms with Crippen molar-refractivity contribution in [2.75, 3.05) is 18.4 Å². The first-order chi connectivity index (χ1) is 14.0. The van der Waals surface area contributed by atoms with Gasteiger partial charge in [0, 0.05) is 24.8 Å². The standard InChI is InChI=1S/C22H30N6O/c1-15(2)28-16(3)21(14-27-28)22(29)26-12-18-6-4-17(5-7-18)11-24-20-9-8-19(10-23)25-13-20/h8-9,13-15,17-18,24H,4-7,11-12H2,1-3H3,(H,26,29). The van der Waals surface area contributed by atoms with Crippen molar-refractivity contribution in [3.63, 3.8) is 0 Å². The second kappa shape index (κ2) is 9.55. The number of carbonyl (C=O) groups excluding carboxylic acids is 1. The molecular formula is C22H30N6O. The fourth-order valence-corrected chi connectivity index (χ4v) is 3.97. The van der Waals surface area contributed by atoms with Gasteiger partial charge in [-0.15, -0.1) is 0 Å². The molecule has 2 aromatic heterocycles. The van der Waals surface area contributed by atoms with Crippen LogP contribution in [0.4, 0.5) is 5.69 Å². The van der Waals surface area contributed by atoms with E-state index >= 15 is 0 Å². The highest BCUT2D eigenvalue weighted by molar-refractivity contribution is 5.95. The summed E-state index contributed by atoms with van der Waals surface area (Å²) in [4.78, 5) is 16.6. The lowest BCUT2D eigenvalue weighted by molar-refractivity contribution is 0.0941. The van der Waals surface area contributed by atoms with Crippen molar-refractivity contribution in [1.29, 1.82) is 5.26 Å². The molecule has 0 saturated heterocycles. The summed E-state index contributed by atoms with van der Waals surface area (Å²) < 4.78 is 1.89. The van der Waals surface area contributed by atoms with Gasteiger partial charge in [-0.3, -0.25) is 9.48 Å². The molecule has 0 unspecified atom stereocenters. The number of anilines is 1. The first-order valence-electron chi connectivity index (χ1n) is 10.4. The number of hydrogen-bond donors (Lipinski definition) is 2. The van der Waals surface area contributed by atoms with Gasteiger partial charge in [0.15, 0.2) is 0 Å². The number of pyridine rings is 1. The highest BCUT2D eigenvalue weighted by atomic mass is 16.1. The maximum Gasteiger partial charge on any atom is 0.254 e. The van der Waals surface area contributed by atoms with Crippen LogP contribution in [0.15, 0.2) is 24.5 Å². The zero-order valence-corrected chi connectivity index (χ0v) is 17.5. The first kappa shape index (κ1) is 20.8. The summed E-state index contributed by atoms with van der Waals surface area (Å²) in [6.07, 6.45) is 7.95. The summed E-state index contributed by atoms with van der Waals surface area (Å²) in [5.41, 5.74) is 2.98. The van der Waals surface area contributed by atoms with E-state index in [2.05, 4.69) is 34.6 Å². The van der Waals surface area contributed by atoms with Crippen LogP contribution in [0, 0.1) is 30.1 Å². The molecular weight excluding hydrogens is 364 g/mol. The maximum atomic E-state index is 12.5. The molecule has 2 aromatic rings. The van der Waals surface area contributed by atoms with Crippen LogP contribution in [0.1, 0.15) is 67.3 Å². The number of carbonyl (C=O) groups is 1. The SMILES string of the molecule is Cc1c(C(=O)NCC2CCC(CNc3ccc(C#N)nc3)CC2)cnn1C(C)C. The normalized spacial score (nSPS) is 19.0. The van der Waals surface area contributed by atoms with E-state index in [0.717, 1.165) is 50.2 Å². The number of hydrogen-bond acceptors (Lipinski definition) is 5. The summed E-state index contributed by atoms with van der Waals surface area (Å²) in [7, 11) is 0. The quantitative estimate of drug-likeness (QED) is 0.747. The van der Waals surface area contributed by atoms with E-state index in [-0.39, 0.29) is 11.9 Å². The monoisotopic (exact) mass is 394 g/mol. The Morgan fingerprint density at radius 3 is 2.45 bits per heavy atom. The Morgan fingerprint density at radius 1 is 1.21 bits per heavy atom. The summed E-state index contributed by atoms with van der Waals surface area (Å²) >= 11 is 0. The van der Waals surface area contributed by atoms with E-state index in [1.165, 1.54) is 0 Å². The smallest absolute Gasteiger partial charge is 0.254 e. The maximum absolute atomic E-state index is 12.5. The number of amides is 1. The minimum atomic E-state index is -0.0218. The van der Waals surface area contributed by atoms with Crippen molar-refractivity contribution >= 4 is 11.6 Å². The first-order valence-corrected chi connectivity index (χ1v) is 10.4. The van der Waals surface area contributed by atoms with Gasteiger partial charge in [-0.1, -0.05) is 0 Å². The third kappa shape index (κ3) is 5.35. The van der Waals surface area contributed by atoms with Crippen molar-refractivity contribution < 1.29 is 4.79 Å². The Labute approximate surface area is 172 Å². The summed E-state index contributed by atoms with van der Waals surface area (Å²) in [6, 6.07) is 5.91. The second-order valence-electron chi connectivity index (χ2n) is 8.20. The molecule has 1 fully saturated rings. The minimum absolute atomic E-state index is 0.0218. The lowest BCUT2D eigenvalue weighted by atomic mass is 9.82. The Bertz CT molecular complexity index is 856. The molecule has 0 bridgehead atoms. The lowest BCUT2D eigenvalue weighted by Crippen LogP contribution is -2.32. The molecule has 7 nitrogen and oxygen atoms in total. The summed E-state index contributed by atoms with van der Waals surface area (Å²) in [5.74, 6) is 1.14. The van der Waals surface area contributed by atoms with Crippen LogP contribution in [0.5, 0.6) is 0 Å². The van der Waals surface area contributed by atoms with E-state index in [1.54, 1.807) is 18.5 Å². The molecule has 1 aliphatic rings. The van der Waals surface area contributed by atoms with Crippen LogP contribution < -0.4 is 10.6 Å². The molecule has 7 heteroatoms. The minimum Gasteiger partial charge on any atom is -0.384 e. The van der Waals surface area contributed by atoms with E-state index in [0.29, 0.717) is 23.1 Å². The Balaban J connectivity index is 1.39. The largest absolute Gasteiger partial charge is 0.384 e. The van der Waals surface area contributed by atoms with E-state index in [9.17, 15) is 4.79 Å². The Hall–Kier alpha value is -2.88.